The standard InChI is InChI=1S/C11H14FN/c1-2-3-7-11(13)9-5-4-6-10(12)8-9/h2,4-6,8,11H,1,3,7,13H2/t11-/m1/s1. The zero-order valence-corrected chi connectivity index (χ0v) is 7.54. The molecule has 0 spiro atoms. The van der Waals surface area contributed by atoms with Crippen molar-refractivity contribution in [3.8, 4) is 0 Å². The first-order chi connectivity index (χ1) is 6.24. The monoisotopic (exact) mass is 179 g/mol. The number of rotatable bonds is 4. The fraction of sp³-hybridized carbons (Fsp3) is 0.273. The number of hydrogen-bond acceptors (Lipinski definition) is 1. The molecular formula is C11H14FN. The van der Waals surface area contributed by atoms with Crippen LogP contribution in [0, 0.1) is 5.82 Å². The quantitative estimate of drug-likeness (QED) is 0.707. The van der Waals surface area contributed by atoms with Crippen molar-refractivity contribution in [1.82, 2.24) is 0 Å². The molecule has 0 amide bonds. The minimum atomic E-state index is -0.230. The van der Waals surface area contributed by atoms with Crippen LogP contribution in [0.2, 0.25) is 0 Å². The average Bonchev–Trinajstić information content (AvgIpc) is 2.14. The van der Waals surface area contributed by atoms with Crippen LogP contribution in [0.25, 0.3) is 0 Å². The maximum absolute atomic E-state index is 12.8. The summed E-state index contributed by atoms with van der Waals surface area (Å²) in [5, 5.41) is 0. The minimum Gasteiger partial charge on any atom is -0.324 e. The molecule has 1 aromatic carbocycles. The van der Waals surface area contributed by atoms with Crippen molar-refractivity contribution in [2.45, 2.75) is 18.9 Å². The van der Waals surface area contributed by atoms with Crippen LogP contribution in [0.4, 0.5) is 4.39 Å². The van der Waals surface area contributed by atoms with Crippen molar-refractivity contribution in [2.24, 2.45) is 5.73 Å². The molecule has 1 rings (SSSR count). The Balaban J connectivity index is 2.65. The average molecular weight is 179 g/mol. The summed E-state index contributed by atoms with van der Waals surface area (Å²) < 4.78 is 12.8. The molecule has 0 aromatic heterocycles. The Labute approximate surface area is 78.1 Å². The second-order valence-electron chi connectivity index (χ2n) is 3.03. The Hall–Kier alpha value is -1.15. The summed E-state index contributed by atoms with van der Waals surface area (Å²) in [6.07, 6.45) is 3.49. The lowest BCUT2D eigenvalue weighted by molar-refractivity contribution is 0.611. The topological polar surface area (TPSA) is 26.0 Å². The zero-order chi connectivity index (χ0) is 9.68. The van der Waals surface area contributed by atoms with Crippen LogP contribution < -0.4 is 5.73 Å². The maximum Gasteiger partial charge on any atom is 0.123 e. The summed E-state index contributed by atoms with van der Waals surface area (Å²) >= 11 is 0. The second kappa shape index (κ2) is 4.77. The SMILES string of the molecule is C=CCC[C@@H](N)c1cccc(F)c1. The van der Waals surface area contributed by atoms with Crippen LogP contribution in [-0.2, 0) is 0 Å². The van der Waals surface area contributed by atoms with Crippen molar-refractivity contribution < 1.29 is 4.39 Å². The molecule has 1 aromatic rings. The van der Waals surface area contributed by atoms with E-state index in [1.165, 1.54) is 12.1 Å². The molecule has 0 fully saturated rings. The van der Waals surface area contributed by atoms with E-state index in [9.17, 15) is 4.39 Å². The molecular weight excluding hydrogens is 165 g/mol. The molecule has 0 bridgehead atoms. The van der Waals surface area contributed by atoms with E-state index in [0.717, 1.165) is 18.4 Å². The van der Waals surface area contributed by atoms with Gasteiger partial charge in [0.2, 0.25) is 0 Å². The summed E-state index contributed by atoms with van der Waals surface area (Å²) in [5.41, 5.74) is 6.68. The van der Waals surface area contributed by atoms with Crippen LogP contribution in [0.1, 0.15) is 24.4 Å². The van der Waals surface area contributed by atoms with Gasteiger partial charge in [0.1, 0.15) is 5.82 Å². The number of hydrogen-bond donors (Lipinski definition) is 1. The van der Waals surface area contributed by atoms with Gasteiger partial charge in [0.05, 0.1) is 0 Å². The summed E-state index contributed by atoms with van der Waals surface area (Å²) in [6.45, 7) is 3.61. The van der Waals surface area contributed by atoms with E-state index in [2.05, 4.69) is 6.58 Å². The van der Waals surface area contributed by atoms with Gasteiger partial charge in [-0.2, -0.15) is 0 Å². The van der Waals surface area contributed by atoms with Gasteiger partial charge in [0.25, 0.3) is 0 Å². The molecule has 0 aliphatic carbocycles. The van der Waals surface area contributed by atoms with E-state index < -0.39 is 0 Å². The minimum absolute atomic E-state index is 0.0892. The molecule has 13 heavy (non-hydrogen) atoms. The van der Waals surface area contributed by atoms with Crippen molar-refractivity contribution in [3.63, 3.8) is 0 Å². The smallest absolute Gasteiger partial charge is 0.123 e. The Bertz CT molecular complexity index is 283. The first-order valence-corrected chi connectivity index (χ1v) is 4.36. The van der Waals surface area contributed by atoms with Crippen LogP contribution >= 0.6 is 0 Å². The molecule has 0 aliphatic heterocycles. The Morgan fingerprint density at radius 3 is 2.92 bits per heavy atom. The largest absolute Gasteiger partial charge is 0.324 e. The fourth-order valence-electron chi connectivity index (χ4n) is 1.20. The molecule has 2 heteroatoms. The van der Waals surface area contributed by atoms with Gasteiger partial charge >= 0.3 is 0 Å². The van der Waals surface area contributed by atoms with Gasteiger partial charge in [-0.25, -0.2) is 4.39 Å². The van der Waals surface area contributed by atoms with Gasteiger partial charge in [-0.15, -0.1) is 6.58 Å². The van der Waals surface area contributed by atoms with Gasteiger partial charge < -0.3 is 5.73 Å². The molecule has 0 heterocycles. The zero-order valence-electron chi connectivity index (χ0n) is 7.54. The van der Waals surface area contributed by atoms with E-state index >= 15 is 0 Å². The molecule has 1 atom stereocenters. The van der Waals surface area contributed by atoms with Crippen molar-refractivity contribution in [2.75, 3.05) is 0 Å². The van der Waals surface area contributed by atoms with Crippen LogP contribution in [0.5, 0.6) is 0 Å². The molecule has 0 radical (unpaired) electrons. The summed E-state index contributed by atoms with van der Waals surface area (Å²) in [5.74, 6) is -0.230. The van der Waals surface area contributed by atoms with Gasteiger partial charge in [-0.05, 0) is 30.5 Å². The van der Waals surface area contributed by atoms with E-state index in [1.807, 2.05) is 12.1 Å². The second-order valence-corrected chi connectivity index (χ2v) is 3.03. The third kappa shape index (κ3) is 2.99. The lowest BCUT2D eigenvalue weighted by atomic mass is 10.0. The van der Waals surface area contributed by atoms with Gasteiger partial charge in [-0.1, -0.05) is 18.2 Å². The predicted molar refractivity (Wildman–Crippen MR) is 52.8 cm³/mol. The number of allylic oxidation sites excluding steroid dienone is 1. The van der Waals surface area contributed by atoms with E-state index in [-0.39, 0.29) is 11.9 Å². The summed E-state index contributed by atoms with van der Waals surface area (Å²) in [7, 11) is 0. The van der Waals surface area contributed by atoms with E-state index in [0.29, 0.717) is 0 Å². The normalized spacial score (nSPS) is 12.5. The van der Waals surface area contributed by atoms with Crippen molar-refractivity contribution in [3.05, 3.63) is 48.3 Å². The number of nitrogens with two attached hydrogens (primary N) is 1. The van der Waals surface area contributed by atoms with Crippen molar-refractivity contribution in [1.29, 1.82) is 0 Å². The lowest BCUT2D eigenvalue weighted by Crippen LogP contribution is -2.09. The fourth-order valence-corrected chi connectivity index (χ4v) is 1.20. The van der Waals surface area contributed by atoms with Crippen LogP contribution in [-0.4, -0.2) is 0 Å². The molecule has 2 N–H and O–H groups in total. The van der Waals surface area contributed by atoms with Crippen LogP contribution in [0.15, 0.2) is 36.9 Å². The van der Waals surface area contributed by atoms with Gasteiger partial charge in [-0.3, -0.25) is 0 Å². The summed E-state index contributed by atoms with van der Waals surface area (Å²) in [4.78, 5) is 0. The molecule has 0 saturated carbocycles. The molecule has 70 valence electrons. The summed E-state index contributed by atoms with van der Waals surface area (Å²) in [6, 6.07) is 6.33. The van der Waals surface area contributed by atoms with Gasteiger partial charge in [0.15, 0.2) is 0 Å². The number of halogens is 1. The van der Waals surface area contributed by atoms with Gasteiger partial charge in [0, 0.05) is 6.04 Å². The lowest BCUT2D eigenvalue weighted by Gasteiger charge is -2.10. The van der Waals surface area contributed by atoms with Crippen molar-refractivity contribution >= 4 is 0 Å². The third-order valence-electron chi connectivity index (χ3n) is 1.96. The third-order valence-corrected chi connectivity index (χ3v) is 1.96. The Morgan fingerprint density at radius 2 is 2.31 bits per heavy atom. The highest BCUT2D eigenvalue weighted by molar-refractivity contribution is 5.19. The molecule has 0 unspecified atom stereocenters. The van der Waals surface area contributed by atoms with E-state index in [1.54, 1.807) is 6.07 Å². The first kappa shape index (κ1) is 9.93. The Kier molecular flexibility index (Phi) is 3.65. The van der Waals surface area contributed by atoms with E-state index in [4.69, 9.17) is 5.73 Å². The molecule has 0 aliphatic rings. The van der Waals surface area contributed by atoms with Crippen LogP contribution in [0.3, 0.4) is 0 Å². The highest BCUT2D eigenvalue weighted by Gasteiger charge is 2.04. The molecule has 1 nitrogen and oxygen atoms in total. The maximum atomic E-state index is 12.8. The molecule has 0 saturated heterocycles. The predicted octanol–water partition coefficient (Wildman–Crippen LogP) is 2.79. The first-order valence-electron chi connectivity index (χ1n) is 4.36. The number of benzene rings is 1. The highest BCUT2D eigenvalue weighted by atomic mass is 19.1. The Morgan fingerprint density at radius 1 is 1.54 bits per heavy atom. The highest BCUT2D eigenvalue weighted by Crippen LogP contribution is 2.16.